The number of aromatic nitrogens is 1. The maximum Gasteiger partial charge on any atom is 0.289 e. The van der Waals surface area contributed by atoms with Crippen molar-refractivity contribution in [1.82, 2.24) is 15.8 Å². The van der Waals surface area contributed by atoms with Crippen molar-refractivity contribution >= 4 is 18.3 Å². The van der Waals surface area contributed by atoms with Crippen molar-refractivity contribution in [2.45, 2.75) is 6.42 Å². The molecule has 1 aromatic heterocycles. The Morgan fingerprint density at radius 1 is 1.25 bits per heavy atom. The van der Waals surface area contributed by atoms with E-state index in [0.29, 0.717) is 12.2 Å². The van der Waals surface area contributed by atoms with Crippen LogP contribution >= 0.6 is 12.4 Å². The van der Waals surface area contributed by atoms with Crippen molar-refractivity contribution in [2.75, 3.05) is 20.1 Å². The van der Waals surface area contributed by atoms with E-state index >= 15 is 0 Å². The summed E-state index contributed by atoms with van der Waals surface area (Å²) in [5, 5.41) is 9.71. The Morgan fingerprint density at radius 3 is 2.70 bits per heavy atom. The zero-order valence-corrected chi connectivity index (χ0v) is 12.1. The summed E-state index contributed by atoms with van der Waals surface area (Å²) in [6.45, 7) is 1.48. The van der Waals surface area contributed by atoms with E-state index in [4.69, 9.17) is 4.52 Å². The smallest absolute Gasteiger partial charge is 0.289 e. The minimum absolute atomic E-state index is 0. The van der Waals surface area contributed by atoms with Crippen LogP contribution in [0.3, 0.4) is 0 Å². The third-order valence-corrected chi connectivity index (χ3v) is 2.69. The summed E-state index contributed by atoms with van der Waals surface area (Å²) >= 11 is 0. The number of nitrogens with zero attached hydrogens (tertiary/aromatic N) is 1. The molecule has 6 heteroatoms. The van der Waals surface area contributed by atoms with Gasteiger partial charge in [-0.2, -0.15) is 0 Å². The first-order valence-corrected chi connectivity index (χ1v) is 6.26. The monoisotopic (exact) mass is 295 g/mol. The molecule has 0 saturated heterocycles. The quantitative estimate of drug-likeness (QED) is 0.801. The SMILES string of the molecule is CNCCCNC(=O)c1cc(-c2ccccc2)no1.Cl. The van der Waals surface area contributed by atoms with Crippen molar-refractivity contribution in [3.63, 3.8) is 0 Å². The lowest BCUT2D eigenvalue weighted by Crippen LogP contribution is -2.26. The highest BCUT2D eigenvalue weighted by molar-refractivity contribution is 5.92. The fourth-order valence-electron chi connectivity index (χ4n) is 1.68. The summed E-state index contributed by atoms with van der Waals surface area (Å²) in [7, 11) is 1.88. The van der Waals surface area contributed by atoms with Gasteiger partial charge in [0.1, 0.15) is 5.69 Å². The number of amides is 1. The fourth-order valence-corrected chi connectivity index (χ4v) is 1.68. The van der Waals surface area contributed by atoms with Crippen LogP contribution in [0, 0.1) is 0 Å². The van der Waals surface area contributed by atoms with Gasteiger partial charge in [0, 0.05) is 18.2 Å². The molecule has 1 aromatic carbocycles. The molecule has 0 fully saturated rings. The maximum absolute atomic E-state index is 11.8. The molecule has 2 rings (SSSR count). The third-order valence-electron chi connectivity index (χ3n) is 2.69. The predicted molar refractivity (Wildman–Crippen MR) is 80.1 cm³/mol. The molecular weight excluding hydrogens is 278 g/mol. The van der Waals surface area contributed by atoms with Crippen molar-refractivity contribution in [3.8, 4) is 11.3 Å². The van der Waals surface area contributed by atoms with Gasteiger partial charge < -0.3 is 15.2 Å². The molecule has 0 saturated carbocycles. The van der Waals surface area contributed by atoms with Crippen LogP contribution < -0.4 is 10.6 Å². The van der Waals surface area contributed by atoms with Gasteiger partial charge in [-0.1, -0.05) is 35.5 Å². The normalized spacial score (nSPS) is 9.85. The molecule has 2 aromatic rings. The average molecular weight is 296 g/mol. The largest absolute Gasteiger partial charge is 0.350 e. The van der Waals surface area contributed by atoms with Gasteiger partial charge >= 0.3 is 0 Å². The van der Waals surface area contributed by atoms with E-state index in [1.165, 1.54) is 0 Å². The van der Waals surface area contributed by atoms with Crippen LogP contribution in [0.2, 0.25) is 0 Å². The van der Waals surface area contributed by atoms with Crippen LogP contribution in [0.4, 0.5) is 0 Å². The molecule has 0 spiro atoms. The van der Waals surface area contributed by atoms with Crippen molar-refractivity contribution < 1.29 is 9.32 Å². The first-order valence-electron chi connectivity index (χ1n) is 6.26. The van der Waals surface area contributed by atoms with Gasteiger partial charge in [0.15, 0.2) is 0 Å². The topological polar surface area (TPSA) is 67.2 Å². The van der Waals surface area contributed by atoms with Gasteiger partial charge in [-0.25, -0.2) is 0 Å². The molecular formula is C14H18ClN3O2. The Bertz CT molecular complexity index is 528. The fraction of sp³-hybridized carbons (Fsp3) is 0.286. The second-order valence-corrected chi connectivity index (χ2v) is 4.16. The minimum atomic E-state index is -0.231. The molecule has 0 bridgehead atoms. The summed E-state index contributed by atoms with van der Waals surface area (Å²) in [5.74, 6) is 0.00842. The van der Waals surface area contributed by atoms with E-state index in [0.717, 1.165) is 18.5 Å². The Kier molecular flexibility index (Phi) is 6.76. The van der Waals surface area contributed by atoms with E-state index < -0.39 is 0 Å². The molecule has 0 radical (unpaired) electrons. The average Bonchev–Trinajstić information content (AvgIpc) is 2.94. The third kappa shape index (κ3) is 4.36. The number of carbonyl (C=O) groups is 1. The zero-order chi connectivity index (χ0) is 13.5. The Labute approximate surface area is 124 Å². The molecule has 108 valence electrons. The molecule has 0 unspecified atom stereocenters. The number of nitrogens with one attached hydrogen (secondary N) is 2. The van der Waals surface area contributed by atoms with Crippen LogP contribution in [0.15, 0.2) is 40.9 Å². The van der Waals surface area contributed by atoms with Crippen LogP contribution in [-0.2, 0) is 0 Å². The molecule has 0 aliphatic carbocycles. The number of hydrogen-bond donors (Lipinski definition) is 2. The highest BCUT2D eigenvalue weighted by Gasteiger charge is 2.13. The van der Waals surface area contributed by atoms with Gasteiger partial charge in [0.05, 0.1) is 0 Å². The highest BCUT2D eigenvalue weighted by atomic mass is 35.5. The first-order chi connectivity index (χ1) is 9.31. The van der Waals surface area contributed by atoms with Gasteiger partial charge in [0.2, 0.25) is 5.76 Å². The maximum atomic E-state index is 11.8. The van der Waals surface area contributed by atoms with Gasteiger partial charge in [0.25, 0.3) is 5.91 Å². The Balaban J connectivity index is 0.00000200. The van der Waals surface area contributed by atoms with Crippen molar-refractivity contribution in [3.05, 3.63) is 42.2 Å². The van der Waals surface area contributed by atoms with Crippen LogP contribution in [0.5, 0.6) is 0 Å². The number of halogens is 1. The predicted octanol–water partition coefficient (Wildman–Crippen LogP) is 2.10. The van der Waals surface area contributed by atoms with E-state index in [-0.39, 0.29) is 24.1 Å². The van der Waals surface area contributed by atoms with Crippen LogP contribution in [0.1, 0.15) is 17.0 Å². The van der Waals surface area contributed by atoms with Crippen molar-refractivity contribution in [1.29, 1.82) is 0 Å². The van der Waals surface area contributed by atoms with Gasteiger partial charge in [-0.15, -0.1) is 12.4 Å². The lowest BCUT2D eigenvalue weighted by molar-refractivity contribution is 0.0916. The van der Waals surface area contributed by atoms with Gasteiger partial charge in [-0.3, -0.25) is 4.79 Å². The van der Waals surface area contributed by atoms with Gasteiger partial charge in [-0.05, 0) is 20.0 Å². The van der Waals surface area contributed by atoms with Crippen LogP contribution in [-0.4, -0.2) is 31.2 Å². The van der Waals surface area contributed by atoms with Crippen molar-refractivity contribution in [2.24, 2.45) is 0 Å². The molecule has 20 heavy (non-hydrogen) atoms. The summed E-state index contributed by atoms with van der Waals surface area (Å²) < 4.78 is 5.06. The Hall–Kier alpha value is -1.85. The highest BCUT2D eigenvalue weighted by Crippen LogP contribution is 2.18. The molecule has 2 N–H and O–H groups in total. The number of benzene rings is 1. The zero-order valence-electron chi connectivity index (χ0n) is 11.3. The lowest BCUT2D eigenvalue weighted by Gasteiger charge is -2.01. The molecule has 0 aliphatic heterocycles. The number of carbonyl (C=O) groups excluding carboxylic acids is 1. The summed E-state index contributed by atoms with van der Waals surface area (Å²) in [4.78, 5) is 11.8. The summed E-state index contributed by atoms with van der Waals surface area (Å²) in [5.41, 5.74) is 1.60. The second kappa shape index (κ2) is 8.35. The molecule has 0 atom stereocenters. The van der Waals surface area contributed by atoms with E-state index in [9.17, 15) is 4.79 Å². The molecule has 0 aliphatic rings. The van der Waals surface area contributed by atoms with E-state index in [1.54, 1.807) is 6.07 Å². The van der Waals surface area contributed by atoms with E-state index in [2.05, 4.69) is 15.8 Å². The standard InChI is InChI=1S/C14H17N3O2.ClH/c1-15-8-5-9-16-14(18)13-10-12(17-19-13)11-6-3-2-4-7-11;/h2-4,6-7,10,15H,5,8-9H2,1H3,(H,16,18);1H. The van der Waals surface area contributed by atoms with Crippen LogP contribution in [0.25, 0.3) is 11.3 Å². The number of hydrogen-bond acceptors (Lipinski definition) is 4. The number of rotatable bonds is 6. The lowest BCUT2D eigenvalue weighted by atomic mass is 10.1. The minimum Gasteiger partial charge on any atom is -0.350 e. The van der Waals surface area contributed by atoms with E-state index in [1.807, 2.05) is 37.4 Å². The molecule has 1 amide bonds. The molecule has 5 nitrogen and oxygen atoms in total. The summed E-state index contributed by atoms with van der Waals surface area (Å²) in [6.07, 6.45) is 0.877. The second-order valence-electron chi connectivity index (χ2n) is 4.16. The Morgan fingerprint density at radius 2 is 2.00 bits per heavy atom. The summed E-state index contributed by atoms with van der Waals surface area (Å²) in [6, 6.07) is 11.3. The molecule has 1 heterocycles. The first kappa shape index (κ1) is 16.2.